The second kappa shape index (κ2) is 13.1. The van der Waals surface area contributed by atoms with Gasteiger partial charge in [-0.1, -0.05) is 27.7 Å². The average Bonchev–Trinajstić information content (AvgIpc) is 2.55. The van der Waals surface area contributed by atoms with Crippen molar-refractivity contribution in [1.82, 2.24) is 9.80 Å². The Kier molecular flexibility index (Phi) is 12.4. The molecule has 0 fully saturated rings. The first kappa shape index (κ1) is 28.5. The monoisotopic (exact) mass is 428 g/mol. The summed E-state index contributed by atoms with van der Waals surface area (Å²) in [5, 5.41) is 0. The molecule has 0 saturated heterocycles. The fraction of sp³-hybridized carbons (Fsp3) is 0.917. The van der Waals surface area contributed by atoms with Gasteiger partial charge in [-0.3, -0.25) is 0 Å². The van der Waals surface area contributed by atoms with E-state index >= 15 is 0 Å². The molecular weight excluding hydrogens is 380 g/mol. The zero-order valence-electron chi connectivity index (χ0n) is 21.6. The topological polar surface area (TPSA) is 59.1 Å². The standard InChI is InChI=1S/C24H48N2O4/c1-15(2)21(13-29-23(27)25(17(5)6)18(7)8)22(16(3)4)14-30-24(28)26(19(9)10)20(11)12/h15-22H,13-14H2,1-12H3. The summed E-state index contributed by atoms with van der Waals surface area (Å²) >= 11 is 0. The number of amides is 2. The minimum atomic E-state index is -0.282. The van der Waals surface area contributed by atoms with E-state index < -0.39 is 0 Å². The third kappa shape index (κ3) is 8.73. The minimum absolute atomic E-state index is 0.0786. The van der Waals surface area contributed by atoms with Gasteiger partial charge in [-0.2, -0.15) is 0 Å². The zero-order chi connectivity index (χ0) is 23.8. The van der Waals surface area contributed by atoms with Gasteiger partial charge in [0, 0.05) is 36.0 Å². The van der Waals surface area contributed by atoms with Gasteiger partial charge in [0.1, 0.15) is 0 Å². The second-order valence-electron chi connectivity index (χ2n) is 10.2. The molecule has 6 nitrogen and oxygen atoms in total. The lowest BCUT2D eigenvalue weighted by Gasteiger charge is -2.35. The van der Waals surface area contributed by atoms with E-state index in [4.69, 9.17) is 9.47 Å². The van der Waals surface area contributed by atoms with Crippen LogP contribution in [-0.2, 0) is 9.47 Å². The molecule has 0 bridgehead atoms. The van der Waals surface area contributed by atoms with E-state index in [1.54, 1.807) is 9.80 Å². The van der Waals surface area contributed by atoms with Crippen LogP contribution in [0.4, 0.5) is 9.59 Å². The molecule has 0 aliphatic rings. The number of nitrogens with zero attached hydrogens (tertiary/aromatic N) is 2. The van der Waals surface area contributed by atoms with Crippen molar-refractivity contribution in [3.05, 3.63) is 0 Å². The van der Waals surface area contributed by atoms with E-state index in [2.05, 4.69) is 27.7 Å². The van der Waals surface area contributed by atoms with E-state index in [1.165, 1.54) is 0 Å². The van der Waals surface area contributed by atoms with Crippen molar-refractivity contribution in [1.29, 1.82) is 0 Å². The molecule has 2 atom stereocenters. The lowest BCUT2D eigenvalue weighted by molar-refractivity contribution is 0.00924. The first-order chi connectivity index (χ1) is 13.7. The maximum Gasteiger partial charge on any atom is 0.410 e. The summed E-state index contributed by atoms with van der Waals surface area (Å²) in [6, 6.07) is 0.314. The van der Waals surface area contributed by atoms with E-state index in [1.807, 2.05) is 55.4 Å². The van der Waals surface area contributed by atoms with E-state index in [0.717, 1.165) is 0 Å². The Balaban J connectivity index is 5.26. The molecule has 0 aliphatic heterocycles. The SMILES string of the molecule is CC(C)C(COC(=O)N(C(C)C)C(C)C)C(COC(=O)N(C(C)C)C(C)C)C(C)C. The Morgan fingerprint density at radius 1 is 0.533 bits per heavy atom. The molecule has 0 aromatic carbocycles. The molecular formula is C24H48N2O4. The number of carbonyl (C=O) groups excluding carboxylic acids is 2. The molecule has 0 spiro atoms. The number of hydrogen-bond acceptors (Lipinski definition) is 4. The summed E-state index contributed by atoms with van der Waals surface area (Å²) in [5.74, 6) is 0.799. The number of hydrogen-bond donors (Lipinski definition) is 0. The smallest absolute Gasteiger partial charge is 0.410 e. The Bertz CT molecular complexity index is 453. The second-order valence-corrected chi connectivity index (χ2v) is 10.2. The van der Waals surface area contributed by atoms with Crippen molar-refractivity contribution < 1.29 is 19.1 Å². The summed E-state index contributed by atoms with van der Waals surface area (Å²) in [6.45, 7) is 25.1. The van der Waals surface area contributed by atoms with Crippen LogP contribution in [0.1, 0.15) is 83.1 Å². The minimum Gasteiger partial charge on any atom is -0.449 e. The van der Waals surface area contributed by atoms with Crippen LogP contribution >= 0.6 is 0 Å². The highest BCUT2D eigenvalue weighted by Gasteiger charge is 2.32. The summed E-state index contributed by atoms with van der Waals surface area (Å²) in [5.41, 5.74) is 0. The van der Waals surface area contributed by atoms with Crippen molar-refractivity contribution in [3.8, 4) is 0 Å². The first-order valence-electron chi connectivity index (χ1n) is 11.6. The van der Waals surface area contributed by atoms with E-state index in [9.17, 15) is 9.59 Å². The van der Waals surface area contributed by atoms with E-state index in [0.29, 0.717) is 25.0 Å². The van der Waals surface area contributed by atoms with Crippen LogP contribution in [-0.4, -0.2) is 59.4 Å². The normalized spacial score (nSPS) is 14.1. The van der Waals surface area contributed by atoms with Crippen molar-refractivity contribution >= 4 is 12.2 Å². The van der Waals surface area contributed by atoms with Gasteiger partial charge >= 0.3 is 12.2 Å². The van der Waals surface area contributed by atoms with E-state index in [-0.39, 0.29) is 48.2 Å². The van der Waals surface area contributed by atoms with Crippen molar-refractivity contribution in [2.75, 3.05) is 13.2 Å². The van der Waals surface area contributed by atoms with Crippen LogP contribution < -0.4 is 0 Å². The Hall–Kier alpha value is -1.46. The van der Waals surface area contributed by atoms with Gasteiger partial charge in [0.05, 0.1) is 13.2 Å². The highest BCUT2D eigenvalue weighted by molar-refractivity contribution is 5.68. The van der Waals surface area contributed by atoms with Crippen LogP contribution in [0.15, 0.2) is 0 Å². The summed E-state index contributed by atoms with van der Waals surface area (Å²) in [7, 11) is 0. The van der Waals surface area contributed by atoms with Gasteiger partial charge in [0.15, 0.2) is 0 Å². The summed E-state index contributed by atoms with van der Waals surface area (Å²) in [6.07, 6.45) is -0.563. The molecule has 0 heterocycles. The Morgan fingerprint density at radius 3 is 0.933 bits per heavy atom. The number of rotatable bonds is 11. The predicted molar refractivity (Wildman–Crippen MR) is 124 cm³/mol. The molecule has 0 aliphatic carbocycles. The fourth-order valence-corrected chi connectivity index (χ4v) is 4.14. The summed E-state index contributed by atoms with van der Waals surface area (Å²) in [4.78, 5) is 28.8. The van der Waals surface area contributed by atoms with Crippen molar-refractivity contribution in [3.63, 3.8) is 0 Å². The molecule has 2 amide bonds. The third-order valence-electron chi connectivity index (χ3n) is 5.71. The molecule has 0 saturated carbocycles. The van der Waals surface area contributed by atoms with Crippen LogP contribution in [0, 0.1) is 23.7 Å². The third-order valence-corrected chi connectivity index (χ3v) is 5.71. The lowest BCUT2D eigenvalue weighted by Crippen LogP contribution is -2.45. The van der Waals surface area contributed by atoms with Gasteiger partial charge in [-0.25, -0.2) is 9.59 Å². The Morgan fingerprint density at radius 2 is 0.767 bits per heavy atom. The number of carbonyl (C=O) groups is 2. The molecule has 0 radical (unpaired) electrons. The van der Waals surface area contributed by atoms with Gasteiger partial charge in [-0.15, -0.1) is 0 Å². The first-order valence-corrected chi connectivity index (χ1v) is 11.6. The van der Waals surface area contributed by atoms with Crippen LogP contribution in [0.5, 0.6) is 0 Å². The van der Waals surface area contributed by atoms with Gasteiger partial charge < -0.3 is 19.3 Å². The maximum absolute atomic E-state index is 12.7. The van der Waals surface area contributed by atoms with Crippen molar-refractivity contribution in [2.24, 2.45) is 23.7 Å². The lowest BCUT2D eigenvalue weighted by atomic mass is 9.78. The van der Waals surface area contributed by atoms with Gasteiger partial charge in [0.2, 0.25) is 0 Å². The molecule has 0 aromatic heterocycles. The zero-order valence-corrected chi connectivity index (χ0v) is 21.6. The molecule has 0 rings (SSSR count). The largest absolute Gasteiger partial charge is 0.449 e. The summed E-state index contributed by atoms with van der Waals surface area (Å²) < 4.78 is 11.5. The molecule has 6 heteroatoms. The fourth-order valence-electron chi connectivity index (χ4n) is 4.14. The van der Waals surface area contributed by atoms with Crippen LogP contribution in [0.25, 0.3) is 0 Å². The van der Waals surface area contributed by atoms with Crippen LogP contribution in [0.3, 0.4) is 0 Å². The quantitative estimate of drug-likeness (QED) is 0.402. The highest BCUT2D eigenvalue weighted by atomic mass is 16.6. The average molecular weight is 429 g/mol. The molecule has 2 unspecified atom stereocenters. The van der Waals surface area contributed by atoms with Gasteiger partial charge in [-0.05, 0) is 67.2 Å². The van der Waals surface area contributed by atoms with Gasteiger partial charge in [0.25, 0.3) is 0 Å². The van der Waals surface area contributed by atoms with Crippen LogP contribution in [0.2, 0.25) is 0 Å². The Labute approximate surface area is 185 Å². The predicted octanol–water partition coefficient (Wildman–Crippen LogP) is 6.04. The highest BCUT2D eigenvalue weighted by Crippen LogP contribution is 2.29. The molecule has 0 N–H and O–H groups in total. The molecule has 30 heavy (non-hydrogen) atoms. The van der Waals surface area contributed by atoms with Crippen molar-refractivity contribution in [2.45, 2.75) is 107 Å². The number of ether oxygens (including phenoxy) is 2. The maximum atomic E-state index is 12.7. The molecule has 0 aromatic rings. The molecule has 178 valence electrons.